The number of rotatable bonds is 4. The number of hydrogen-bond acceptors (Lipinski definition) is 14. The van der Waals surface area contributed by atoms with Crippen LogP contribution in [0.15, 0.2) is 0 Å². The maximum absolute atomic E-state index is 9.02. The van der Waals surface area contributed by atoms with E-state index >= 15 is 0 Å². The van der Waals surface area contributed by atoms with Gasteiger partial charge in [-0.1, -0.05) is 0 Å². The largest absolute Gasteiger partial charge is 3.00 e. The first-order valence-corrected chi connectivity index (χ1v) is 8.66. The minimum absolute atomic E-state index is 0. The fraction of sp³-hybridized carbons (Fsp3) is 0.706. The maximum atomic E-state index is 9.02. The molecule has 0 unspecified atom stereocenters. The molecule has 1 fully saturated rings. The van der Waals surface area contributed by atoms with Crippen LogP contribution in [0.5, 0.6) is 0 Å². The third-order valence-corrected chi connectivity index (χ3v) is 3.13. The van der Waals surface area contributed by atoms with Crippen LogP contribution >= 0.6 is 0 Å². The monoisotopic (exact) mass is 569 g/mol. The molecule has 0 atom stereocenters. The summed E-state index contributed by atoms with van der Waals surface area (Å²) >= 11 is 0. The molecule has 1 heterocycles. The number of nitrogens with zero attached hydrogens (tertiary/aromatic N) is 8. The molecule has 17 heteroatoms. The molecule has 0 spiro atoms. The average Bonchev–Trinajstić information content (AvgIpc) is 2.90. The van der Waals surface area contributed by atoms with E-state index in [2.05, 4.69) is 31.1 Å². The number of hydrogen-bond donors (Lipinski definition) is 6. The fourth-order valence-corrected chi connectivity index (χ4v) is 2.01. The first-order valence-electron chi connectivity index (χ1n) is 8.66. The molecule has 34 heavy (non-hydrogen) atoms. The Hall–Kier alpha value is -2.23. The Morgan fingerprint density at radius 3 is 0.882 bits per heavy atom. The van der Waals surface area contributed by atoms with Crippen molar-refractivity contribution < 1.29 is 44.4 Å². The second kappa shape index (κ2) is 69.8. The first-order chi connectivity index (χ1) is 15.9. The van der Waals surface area contributed by atoms with Crippen molar-refractivity contribution in [2.45, 2.75) is 0 Å². The van der Waals surface area contributed by atoms with E-state index in [-0.39, 0.29) is 47.4 Å². The first kappa shape index (κ1) is 53.2. The summed E-state index contributed by atoms with van der Waals surface area (Å²) in [4.78, 5) is 11.5. The number of aliphatic hydroxyl groups is 2. The average molecular weight is 570 g/mol. The zero-order valence-corrected chi connectivity index (χ0v) is 20.6. The van der Waals surface area contributed by atoms with E-state index in [0.717, 1.165) is 52.9 Å². The van der Waals surface area contributed by atoms with E-state index in [1.807, 2.05) is 0 Å². The van der Waals surface area contributed by atoms with Crippen molar-refractivity contribution in [1.29, 1.82) is 26.3 Å². The standard InChI is InChI=1S/C12H30N6O2.5CN.Cu.Fe.NO/c19-7-5-17-9-13-1-2-14-10-18(6-8-20)12-16-4-3-15-11-17;5*1-2;;;1-2/h13-16,19-20H,1-12H2;;;;;;;;/q;5*-1;+2;+3;. The predicted molar refractivity (Wildman–Crippen MR) is 109 cm³/mol. The molecule has 195 valence electrons. The van der Waals surface area contributed by atoms with Crippen LogP contribution < -0.4 is 26.9 Å². The Bertz CT molecular complexity index is 358. The van der Waals surface area contributed by atoms with Gasteiger partial charge in [0.1, 0.15) is 5.59 Å². The quantitative estimate of drug-likeness (QED) is 0.144. The molecule has 1 aliphatic rings. The summed E-state index contributed by atoms with van der Waals surface area (Å²) in [7, 11) is 0. The van der Waals surface area contributed by atoms with Gasteiger partial charge in [-0.2, -0.15) is 0 Å². The smallest absolute Gasteiger partial charge is 0.512 e. The molecule has 0 saturated carbocycles. The van der Waals surface area contributed by atoms with Crippen molar-refractivity contribution in [3.8, 4) is 0 Å². The molecule has 0 aromatic carbocycles. The van der Waals surface area contributed by atoms with E-state index in [0.29, 0.717) is 13.1 Å². The van der Waals surface area contributed by atoms with Gasteiger partial charge in [-0.05, 0) is 0 Å². The molecule has 1 saturated heterocycles. The summed E-state index contributed by atoms with van der Waals surface area (Å²) in [6.45, 7) is 32.0. The van der Waals surface area contributed by atoms with Gasteiger partial charge in [-0.3, -0.25) is 9.80 Å². The molecule has 15 nitrogen and oxygen atoms in total. The van der Waals surface area contributed by atoms with Gasteiger partial charge in [0, 0.05) is 65.9 Å². The number of aliphatic hydroxyl groups excluding tert-OH is 2. The number of nitroso groups, excluding NO2 is 1. The van der Waals surface area contributed by atoms with Gasteiger partial charge in [0.15, 0.2) is 0 Å². The van der Waals surface area contributed by atoms with Crippen LogP contribution in [0.2, 0.25) is 0 Å². The molecule has 6 N–H and O–H groups in total. The van der Waals surface area contributed by atoms with Crippen LogP contribution in [0.25, 0.3) is 0 Å². The maximum Gasteiger partial charge on any atom is 3.00 e. The Kier molecular flexibility index (Phi) is 109. The molecule has 0 aromatic rings. The molecule has 0 aromatic heterocycles. The molecular formula is C17H30CuFeN12O3. The van der Waals surface area contributed by atoms with Gasteiger partial charge >= 0.3 is 34.1 Å². The van der Waals surface area contributed by atoms with Crippen molar-refractivity contribution >= 4 is 0 Å². The second-order valence-corrected chi connectivity index (χ2v) is 4.87. The van der Waals surface area contributed by atoms with Crippen molar-refractivity contribution in [2.75, 3.05) is 79.2 Å². The van der Waals surface area contributed by atoms with Gasteiger partial charge in [0.05, 0.1) is 13.2 Å². The third-order valence-electron chi connectivity index (χ3n) is 3.13. The summed E-state index contributed by atoms with van der Waals surface area (Å²) in [6, 6.07) is 0. The Labute approximate surface area is 224 Å². The molecule has 1 rings (SSSR count). The van der Waals surface area contributed by atoms with Gasteiger partial charge in [-0.15, -0.1) is 4.91 Å². The number of β-amino-alcohol motifs (C(OH)–C–C–N with tert-alkyl or cyclic N) is 2. The van der Waals surface area contributed by atoms with Crippen LogP contribution in [0.4, 0.5) is 0 Å². The number of nitrogens with one attached hydrogen (secondary N) is 4. The van der Waals surface area contributed by atoms with Crippen LogP contribution in [0.3, 0.4) is 0 Å². The molecule has 3 radical (unpaired) electrons. The summed E-state index contributed by atoms with van der Waals surface area (Å²) in [5.41, 5.74) is 5.75. The van der Waals surface area contributed by atoms with E-state index in [1.54, 1.807) is 0 Å². The molecule has 0 aliphatic carbocycles. The predicted octanol–water partition coefficient (Wildman–Crippen LogP) is -3.19. The van der Waals surface area contributed by atoms with Crippen molar-refractivity contribution in [3.63, 3.8) is 0 Å². The minimum atomic E-state index is 0. The van der Waals surface area contributed by atoms with Crippen molar-refractivity contribution in [3.05, 3.63) is 37.8 Å². The van der Waals surface area contributed by atoms with Gasteiger partial charge in [0.2, 0.25) is 0 Å². The second-order valence-electron chi connectivity index (χ2n) is 4.87. The molecule has 1 aliphatic heterocycles. The van der Waals surface area contributed by atoms with Crippen LogP contribution in [0, 0.1) is 64.1 Å². The molecule has 0 bridgehead atoms. The van der Waals surface area contributed by atoms with Gasteiger partial charge in [0.25, 0.3) is 0 Å². The Morgan fingerprint density at radius 1 is 0.559 bits per heavy atom. The van der Waals surface area contributed by atoms with Crippen LogP contribution in [0.1, 0.15) is 0 Å². The minimum Gasteiger partial charge on any atom is -0.512 e. The SMILES string of the molecule is OCCN1CNCCNCN(CCO)CNCCNC1.[C-]#N.[C-]#N.[C-]#N.[C-]#N.[C-]#N.[Cu+2].[Fe+3].[N]=O. The van der Waals surface area contributed by atoms with E-state index in [1.165, 1.54) is 0 Å². The Balaban J connectivity index is -0.0000000700. The molecular weight excluding hydrogens is 540 g/mol. The zero-order chi connectivity index (χ0) is 26.5. The van der Waals surface area contributed by atoms with Crippen LogP contribution in [-0.2, 0) is 34.1 Å². The Morgan fingerprint density at radius 2 is 0.735 bits per heavy atom. The summed E-state index contributed by atoms with van der Waals surface area (Å²) in [5, 5.41) is 62.7. The van der Waals surface area contributed by atoms with Crippen LogP contribution in [-0.4, -0.2) is 99.2 Å². The summed E-state index contributed by atoms with van der Waals surface area (Å²) in [6.07, 6.45) is 0. The summed E-state index contributed by atoms with van der Waals surface area (Å²) in [5.74, 6) is 0. The van der Waals surface area contributed by atoms with E-state index in [9.17, 15) is 0 Å². The normalized spacial score (nSPS) is 13.6. The van der Waals surface area contributed by atoms with Gasteiger partial charge in [-0.25, -0.2) is 0 Å². The summed E-state index contributed by atoms with van der Waals surface area (Å²) < 4.78 is 0. The van der Waals surface area contributed by atoms with E-state index < -0.39 is 0 Å². The van der Waals surface area contributed by atoms with Crippen molar-refractivity contribution in [2.24, 2.45) is 0 Å². The molecule has 0 amide bonds. The van der Waals surface area contributed by atoms with E-state index in [4.69, 9.17) is 79.9 Å². The third kappa shape index (κ3) is 52.0. The van der Waals surface area contributed by atoms with Crippen molar-refractivity contribution in [1.82, 2.24) is 36.7 Å². The zero-order valence-electron chi connectivity index (χ0n) is 18.5. The van der Waals surface area contributed by atoms with Gasteiger partial charge < -0.3 is 90.7 Å². The topological polar surface area (TPSA) is 253 Å². The fourth-order valence-electron chi connectivity index (χ4n) is 2.01.